The number of pyridine rings is 1. The van der Waals surface area contributed by atoms with Crippen molar-refractivity contribution in [2.24, 2.45) is 5.92 Å². The highest BCUT2D eigenvalue weighted by Crippen LogP contribution is 2.25. The van der Waals surface area contributed by atoms with Gasteiger partial charge in [-0.15, -0.1) is 0 Å². The quantitative estimate of drug-likeness (QED) is 0.867. The molecular weight excluding hydrogens is 222 g/mol. The molecule has 0 spiro atoms. The van der Waals surface area contributed by atoms with Crippen LogP contribution in [0.15, 0.2) is 18.3 Å². The molecule has 3 nitrogen and oxygen atoms in total. The van der Waals surface area contributed by atoms with Gasteiger partial charge in [0, 0.05) is 32.0 Å². The summed E-state index contributed by atoms with van der Waals surface area (Å²) >= 11 is 0. The van der Waals surface area contributed by atoms with E-state index >= 15 is 0 Å². The summed E-state index contributed by atoms with van der Waals surface area (Å²) in [4.78, 5) is 6.75. The summed E-state index contributed by atoms with van der Waals surface area (Å²) in [6.45, 7) is 2.02. The van der Waals surface area contributed by atoms with Gasteiger partial charge in [0.2, 0.25) is 0 Å². The zero-order valence-corrected chi connectivity index (χ0v) is 11.7. The zero-order chi connectivity index (χ0) is 12.8. The van der Waals surface area contributed by atoms with Crippen LogP contribution in [0, 0.1) is 5.92 Å². The minimum absolute atomic E-state index is 0.838. The second kappa shape index (κ2) is 6.74. The van der Waals surface area contributed by atoms with Gasteiger partial charge in [-0.3, -0.25) is 4.98 Å². The van der Waals surface area contributed by atoms with Crippen LogP contribution in [0.1, 0.15) is 37.8 Å². The van der Waals surface area contributed by atoms with Crippen LogP contribution in [0.5, 0.6) is 0 Å². The van der Waals surface area contributed by atoms with Crippen molar-refractivity contribution < 1.29 is 0 Å². The van der Waals surface area contributed by atoms with Crippen LogP contribution in [-0.2, 0) is 6.54 Å². The second-order valence-corrected chi connectivity index (χ2v) is 5.42. The largest absolute Gasteiger partial charge is 0.374 e. The smallest absolute Gasteiger partial charge is 0.0562 e. The molecule has 0 bridgehead atoms. The van der Waals surface area contributed by atoms with Crippen LogP contribution in [0.3, 0.4) is 0 Å². The molecule has 1 aromatic rings. The minimum atomic E-state index is 0.838. The van der Waals surface area contributed by atoms with Gasteiger partial charge < -0.3 is 10.2 Å². The third kappa shape index (κ3) is 3.70. The molecule has 1 saturated carbocycles. The Morgan fingerprint density at radius 1 is 1.33 bits per heavy atom. The molecule has 1 fully saturated rings. The fourth-order valence-corrected chi connectivity index (χ4v) is 2.84. The first-order chi connectivity index (χ1) is 8.79. The predicted octanol–water partition coefficient (Wildman–Crippen LogP) is 2.82. The van der Waals surface area contributed by atoms with Crippen LogP contribution < -0.4 is 10.2 Å². The molecule has 1 N–H and O–H groups in total. The van der Waals surface area contributed by atoms with Crippen molar-refractivity contribution in [3.63, 3.8) is 0 Å². The van der Waals surface area contributed by atoms with Gasteiger partial charge in [-0.25, -0.2) is 0 Å². The summed E-state index contributed by atoms with van der Waals surface area (Å²) in [7, 11) is 4.16. The van der Waals surface area contributed by atoms with Gasteiger partial charge in [0.1, 0.15) is 0 Å². The van der Waals surface area contributed by atoms with Crippen LogP contribution >= 0.6 is 0 Å². The van der Waals surface area contributed by atoms with Crippen molar-refractivity contribution in [1.29, 1.82) is 0 Å². The lowest BCUT2D eigenvalue weighted by Gasteiger charge is -2.28. The molecule has 1 aliphatic rings. The molecule has 0 atom stereocenters. The normalized spacial score (nSPS) is 16.8. The summed E-state index contributed by atoms with van der Waals surface area (Å²) < 4.78 is 0. The third-order valence-electron chi connectivity index (χ3n) is 3.86. The third-order valence-corrected chi connectivity index (χ3v) is 3.86. The van der Waals surface area contributed by atoms with Gasteiger partial charge in [-0.05, 0) is 37.9 Å². The SMILES string of the molecule is CNCc1cc(N(C)CC2CCCCC2)ccn1. The number of nitrogens with one attached hydrogen (secondary N) is 1. The van der Waals surface area contributed by atoms with Gasteiger partial charge in [-0.1, -0.05) is 19.3 Å². The van der Waals surface area contributed by atoms with Gasteiger partial charge in [0.25, 0.3) is 0 Å². The molecule has 18 heavy (non-hydrogen) atoms. The topological polar surface area (TPSA) is 28.2 Å². The first-order valence-corrected chi connectivity index (χ1v) is 7.10. The summed E-state index contributed by atoms with van der Waals surface area (Å²) in [6, 6.07) is 4.31. The fraction of sp³-hybridized carbons (Fsp3) is 0.667. The van der Waals surface area contributed by atoms with E-state index in [0.717, 1.165) is 18.2 Å². The molecule has 0 aliphatic heterocycles. The molecule has 0 unspecified atom stereocenters. The highest BCUT2D eigenvalue weighted by atomic mass is 15.1. The lowest BCUT2D eigenvalue weighted by Crippen LogP contribution is -2.27. The summed E-state index contributed by atoms with van der Waals surface area (Å²) in [6.07, 6.45) is 8.98. The summed E-state index contributed by atoms with van der Waals surface area (Å²) in [5.74, 6) is 0.879. The monoisotopic (exact) mass is 247 g/mol. The molecule has 0 aromatic carbocycles. The second-order valence-electron chi connectivity index (χ2n) is 5.42. The average molecular weight is 247 g/mol. The molecule has 100 valence electrons. The van der Waals surface area contributed by atoms with Gasteiger partial charge >= 0.3 is 0 Å². The highest BCUT2D eigenvalue weighted by molar-refractivity contribution is 5.45. The predicted molar refractivity (Wildman–Crippen MR) is 76.8 cm³/mol. The molecule has 1 aromatic heterocycles. The van der Waals surface area contributed by atoms with E-state index < -0.39 is 0 Å². The van der Waals surface area contributed by atoms with Crippen molar-refractivity contribution in [3.05, 3.63) is 24.0 Å². The van der Waals surface area contributed by atoms with E-state index in [1.165, 1.54) is 44.3 Å². The Balaban J connectivity index is 1.94. The maximum absolute atomic E-state index is 4.37. The number of anilines is 1. The molecule has 2 rings (SSSR count). The number of rotatable bonds is 5. The van der Waals surface area contributed by atoms with Crippen molar-refractivity contribution >= 4 is 5.69 Å². The van der Waals surface area contributed by atoms with E-state index in [-0.39, 0.29) is 0 Å². The van der Waals surface area contributed by atoms with Crippen LogP contribution in [-0.4, -0.2) is 25.6 Å². The number of hydrogen-bond donors (Lipinski definition) is 1. The average Bonchev–Trinajstić information content (AvgIpc) is 2.40. The first kappa shape index (κ1) is 13.3. The Bertz CT molecular complexity index is 359. The molecule has 3 heteroatoms. The molecule has 1 aliphatic carbocycles. The van der Waals surface area contributed by atoms with Gasteiger partial charge in [-0.2, -0.15) is 0 Å². The Kier molecular flexibility index (Phi) is 5.00. The van der Waals surface area contributed by atoms with Gasteiger partial charge in [0.05, 0.1) is 5.69 Å². The molecule has 0 saturated heterocycles. The van der Waals surface area contributed by atoms with Gasteiger partial charge in [0.15, 0.2) is 0 Å². The molecule has 0 amide bonds. The molecule has 0 radical (unpaired) electrons. The lowest BCUT2D eigenvalue weighted by atomic mass is 9.89. The van der Waals surface area contributed by atoms with Crippen LogP contribution in [0.25, 0.3) is 0 Å². The first-order valence-electron chi connectivity index (χ1n) is 7.10. The van der Waals surface area contributed by atoms with E-state index in [9.17, 15) is 0 Å². The number of aromatic nitrogens is 1. The molecular formula is C15H25N3. The summed E-state index contributed by atoms with van der Waals surface area (Å²) in [5, 5.41) is 3.15. The van der Waals surface area contributed by atoms with Crippen molar-refractivity contribution in [1.82, 2.24) is 10.3 Å². The Hall–Kier alpha value is -1.09. The van der Waals surface area contributed by atoms with E-state index in [1.807, 2.05) is 13.2 Å². The fourth-order valence-electron chi connectivity index (χ4n) is 2.84. The Morgan fingerprint density at radius 3 is 2.83 bits per heavy atom. The number of nitrogens with zero attached hydrogens (tertiary/aromatic N) is 2. The molecule has 1 heterocycles. The van der Waals surface area contributed by atoms with E-state index in [0.29, 0.717) is 0 Å². The minimum Gasteiger partial charge on any atom is -0.374 e. The lowest BCUT2D eigenvalue weighted by molar-refractivity contribution is 0.362. The van der Waals surface area contributed by atoms with E-state index in [2.05, 4.69) is 34.4 Å². The van der Waals surface area contributed by atoms with Crippen LogP contribution in [0.2, 0.25) is 0 Å². The highest BCUT2D eigenvalue weighted by Gasteiger charge is 2.15. The standard InChI is InChI=1S/C15H25N3/c1-16-11-14-10-15(8-9-17-14)18(2)12-13-6-4-3-5-7-13/h8-10,13,16H,3-7,11-12H2,1-2H3. The maximum atomic E-state index is 4.37. The zero-order valence-electron chi connectivity index (χ0n) is 11.7. The van der Waals surface area contributed by atoms with E-state index in [4.69, 9.17) is 0 Å². The maximum Gasteiger partial charge on any atom is 0.0562 e. The Morgan fingerprint density at radius 2 is 2.11 bits per heavy atom. The van der Waals surface area contributed by atoms with Crippen molar-refractivity contribution in [2.45, 2.75) is 38.6 Å². The van der Waals surface area contributed by atoms with Crippen molar-refractivity contribution in [3.8, 4) is 0 Å². The Labute approximate surface area is 111 Å². The van der Waals surface area contributed by atoms with E-state index in [1.54, 1.807) is 0 Å². The van der Waals surface area contributed by atoms with Crippen molar-refractivity contribution in [2.75, 3.05) is 25.5 Å². The summed E-state index contributed by atoms with van der Waals surface area (Å²) in [5.41, 5.74) is 2.41. The van der Waals surface area contributed by atoms with Crippen LogP contribution in [0.4, 0.5) is 5.69 Å². The number of hydrogen-bond acceptors (Lipinski definition) is 3.